The maximum atomic E-state index is 11.7. The van der Waals surface area contributed by atoms with E-state index in [0.717, 1.165) is 25.2 Å². The highest BCUT2D eigenvalue weighted by molar-refractivity contribution is 5.76. The van der Waals surface area contributed by atoms with E-state index in [9.17, 15) is 4.79 Å². The predicted octanol–water partition coefficient (Wildman–Crippen LogP) is 1.51. The number of carbonyl (C=O) groups excluding carboxylic acids is 1. The number of hydrogen-bond donors (Lipinski definition) is 2. The maximum absolute atomic E-state index is 11.7. The molecule has 0 aromatic carbocycles. The lowest BCUT2D eigenvalue weighted by Gasteiger charge is -2.12. The SMILES string of the molecule is CCCNCc1cccn1CC(=O)NC(C)C. The van der Waals surface area contributed by atoms with Crippen LogP contribution in [0.2, 0.25) is 0 Å². The van der Waals surface area contributed by atoms with Gasteiger partial charge in [0.05, 0.1) is 0 Å². The van der Waals surface area contributed by atoms with Gasteiger partial charge in [-0.3, -0.25) is 4.79 Å². The van der Waals surface area contributed by atoms with Gasteiger partial charge in [0, 0.05) is 24.5 Å². The molecule has 0 bridgehead atoms. The molecule has 0 unspecified atom stereocenters. The summed E-state index contributed by atoms with van der Waals surface area (Å²) in [6, 6.07) is 4.22. The van der Waals surface area contributed by atoms with Crippen LogP contribution in [0.25, 0.3) is 0 Å². The largest absolute Gasteiger partial charge is 0.352 e. The van der Waals surface area contributed by atoms with Crippen molar-refractivity contribution in [3.8, 4) is 0 Å². The quantitative estimate of drug-likeness (QED) is 0.706. The Morgan fingerprint density at radius 2 is 2.24 bits per heavy atom. The van der Waals surface area contributed by atoms with Crippen LogP contribution in [0.1, 0.15) is 32.9 Å². The molecule has 0 saturated heterocycles. The molecule has 0 aliphatic carbocycles. The molecule has 4 nitrogen and oxygen atoms in total. The van der Waals surface area contributed by atoms with E-state index in [-0.39, 0.29) is 11.9 Å². The average Bonchev–Trinajstić information content (AvgIpc) is 2.65. The van der Waals surface area contributed by atoms with Crippen LogP contribution in [0.3, 0.4) is 0 Å². The molecule has 4 heteroatoms. The second-order valence-corrected chi connectivity index (χ2v) is 4.53. The molecule has 17 heavy (non-hydrogen) atoms. The third-order valence-electron chi connectivity index (χ3n) is 2.42. The lowest BCUT2D eigenvalue weighted by molar-refractivity contribution is -0.122. The van der Waals surface area contributed by atoms with Gasteiger partial charge in [-0.2, -0.15) is 0 Å². The van der Waals surface area contributed by atoms with Gasteiger partial charge in [-0.1, -0.05) is 6.92 Å². The fraction of sp³-hybridized carbons (Fsp3) is 0.615. The molecule has 0 spiro atoms. The molecular weight excluding hydrogens is 214 g/mol. The van der Waals surface area contributed by atoms with Crippen molar-refractivity contribution in [3.05, 3.63) is 24.0 Å². The number of hydrogen-bond acceptors (Lipinski definition) is 2. The van der Waals surface area contributed by atoms with Gasteiger partial charge < -0.3 is 15.2 Å². The Bertz CT molecular complexity index is 344. The molecule has 2 N–H and O–H groups in total. The molecule has 1 aromatic rings. The molecule has 1 amide bonds. The lowest BCUT2D eigenvalue weighted by atomic mass is 10.3. The van der Waals surface area contributed by atoms with Crippen LogP contribution in [0, 0.1) is 0 Å². The fourth-order valence-electron chi connectivity index (χ4n) is 1.68. The summed E-state index contributed by atoms with van der Waals surface area (Å²) < 4.78 is 1.99. The molecule has 0 radical (unpaired) electrons. The zero-order valence-corrected chi connectivity index (χ0v) is 11.0. The van der Waals surface area contributed by atoms with Crippen molar-refractivity contribution in [1.29, 1.82) is 0 Å². The van der Waals surface area contributed by atoms with Crippen LogP contribution in [-0.4, -0.2) is 23.1 Å². The standard InChI is InChI=1S/C13H23N3O/c1-4-7-14-9-12-6-5-8-16(12)10-13(17)15-11(2)3/h5-6,8,11,14H,4,7,9-10H2,1-3H3,(H,15,17). The number of aromatic nitrogens is 1. The second kappa shape index (κ2) is 7.12. The molecule has 96 valence electrons. The van der Waals surface area contributed by atoms with Crippen molar-refractivity contribution in [2.75, 3.05) is 6.54 Å². The lowest BCUT2D eigenvalue weighted by Crippen LogP contribution is -2.33. The van der Waals surface area contributed by atoms with E-state index in [1.54, 1.807) is 0 Å². The highest BCUT2D eigenvalue weighted by atomic mass is 16.2. The highest BCUT2D eigenvalue weighted by Crippen LogP contribution is 2.02. The predicted molar refractivity (Wildman–Crippen MR) is 69.7 cm³/mol. The Morgan fingerprint density at radius 3 is 2.88 bits per heavy atom. The summed E-state index contributed by atoms with van der Waals surface area (Å²) in [6.45, 7) is 8.30. The van der Waals surface area contributed by atoms with Gasteiger partial charge >= 0.3 is 0 Å². The summed E-state index contributed by atoms with van der Waals surface area (Å²) in [5.41, 5.74) is 1.15. The third-order valence-corrected chi connectivity index (χ3v) is 2.42. The van der Waals surface area contributed by atoms with Crippen molar-refractivity contribution in [3.63, 3.8) is 0 Å². The first-order valence-electron chi connectivity index (χ1n) is 6.27. The zero-order valence-electron chi connectivity index (χ0n) is 11.0. The van der Waals surface area contributed by atoms with Gasteiger partial charge in [-0.15, -0.1) is 0 Å². The monoisotopic (exact) mass is 237 g/mol. The summed E-state index contributed by atoms with van der Waals surface area (Å²) in [5.74, 6) is 0.0629. The summed E-state index contributed by atoms with van der Waals surface area (Å²) in [7, 11) is 0. The van der Waals surface area contributed by atoms with Gasteiger partial charge in [0.15, 0.2) is 0 Å². The number of rotatable bonds is 7. The maximum Gasteiger partial charge on any atom is 0.240 e. The third kappa shape index (κ3) is 5.04. The van der Waals surface area contributed by atoms with Crippen molar-refractivity contribution in [1.82, 2.24) is 15.2 Å². The van der Waals surface area contributed by atoms with Gasteiger partial charge in [0.2, 0.25) is 5.91 Å². The number of nitrogens with one attached hydrogen (secondary N) is 2. The van der Waals surface area contributed by atoms with Crippen LogP contribution in [0.15, 0.2) is 18.3 Å². The smallest absolute Gasteiger partial charge is 0.240 e. The van der Waals surface area contributed by atoms with Crippen molar-refractivity contribution < 1.29 is 4.79 Å². The van der Waals surface area contributed by atoms with E-state index >= 15 is 0 Å². The van der Waals surface area contributed by atoms with Crippen LogP contribution >= 0.6 is 0 Å². The van der Waals surface area contributed by atoms with Crippen LogP contribution < -0.4 is 10.6 Å². The topological polar surface area (TPSA) is 46.1 Å². The van der Waals surface area contributed by atoms with E-state index in [1.165, 1.54) is 0 Å². The molecule has 0 saturated carbocycles. The normalized spacial score (nSPS) is 10.8. The highest BCUT2D eigenvalue weighted by Gasteiger charge is 2.06. The minimum atomic E-state index is 0.0629. The zero-order chi connectivity index (χ0) is 12.7. The van der Waals surface area contributed by atoms with E-state index in [2.05, 4.69) is 17.6 Å². The molecule has 0 aliphatic rings. The minimum absolute atomic E-state index is 0.0629. The molecular formula is C13H23N3O. The fourth-order valence-corrected chi connectivity index (χ4v) is 1.68. The minimum Gasteiger partial charge on any atom is -0.352 e. The first-order valence-corrected chi connectivity index (χ1v) is 6.27. The Morgan fingerprint density at radius 1 is 1.47 bits per heavy atom. The Labute approximate surface area is 103 Å². The van der Waals surface area contributed by atoms with Gasteiger partial charge in [0.25, 0.3) is 0 Å². The van der Waals surface area contributed by atoms with Crippen LogP contribution in [0.5, 0.6) is 0 Å². The molecule has 1 rings (SSSR count). The van der Waals surface area contributed by atoms with E-state index in [1.807, 2.05) is 36.7 Å². The summed E-state index contributed by atoms with van der Waals surface area (Å²) in [6.07, 6.45) is 3.07. The summed E-state index contributed by atoms with van der Waals surface area (Å²) in [5, 5.41) is 6.23. The van der Waals surface area contributed by atoms with Gasteiger partial charge in [-0.25, -0.2) is 0 Å². The molecule has 0 atom stereocenters. The van der Waals surface area contributed by atoms with E-state index in [0.29, 0.717) is 6.54 Å². The van der Waals surface area contributed by atoms with E-state index in [4.69, 9.17) is 0 Å². The number of carbonyl (C=O) groups is 1. The first-order chi connectivity index (χ1) is 8.13. The molecule has 1 heterocycles. The summed E-state index contributed by atoms with van der Waals surface area (Å²) >= 11 is 0. The second-order valence-electron chi connectivity index (χ2n) is 4.53. The number of nitrogens with zero attached hydrogens (tertiary/aromatic N) is 1. The number of amides is 1. The molecule has 0 aliphatic heterocycles. The van der Waals surface area contributed by atoms with Gasteiger partial charge in [0.1, 0.15) is 6.54 Å². The Kier molecular flexibility index (Phi) is 5.77. The summed E-state index contributed by atoms with van der Waals surface area (Å²) in [4.78, 5) is 11.7. The molecule has 1 aromatic heterocycles. The van der Waals surface area contributed by atoms with Crippen molar-refractivity contribution in [2.45, 2.75) is 46.3 Å². The van der Waals surface area contributed by atoms with E-state index < -0.39 is 0 Å². The first kappa shape index (κ1) is 13.8. The van der Waals surface area contributed by atoms with Crippen molar-refractivity contribution >= 4 is 5.91 Å². The van der Waals surface area contributed by atoms with Crippen LogP contribution in [0.4, 0.5) is 0 Å². The molecule has 0 fully saturated rings. The Hall–Kier alpha value is -1.29. The van der Waals surface area contributed by atoms with Gasteiger partial charge in [-0.05, 0) is 38.9 Å². The van der Waals surface area contributed by atoms with Crippen molar-refractivity contribution in [2.24, 2.45) is 0 Å². The Balaban J connectivity index is 2.47. The van der Waals surface area contributed by atoms with Crippen LogP contribution in [-0.2, 0) is 17.9 Å². The average molecular weight is 237 g/mol.